The molecule has 0 atom stereocenters. The monoisotopic (exact) mass is 466 g/mol. The van der Waals surface area contributed by atoms with Gasteiger partial charge >= 0.3 is 0 Å². The number of carbonyl (C=O) groups excluding carboxylic acids is 1. The highest BCUT2D eigenvalue weighted by atomic mass is 32.2. The molecule has 0 saturated heterocycles. The highest BCUT2D eigenvalue weighted by molar-refractivity contribution is 7.90. The van der Waals surface area contributed by atoms with E-state index in [1.807, 2.05) is 60.5 Å². The Balaban J connectivity index is 2.36. The maximum atomic E-state index is 14.1. The van der Waals surface area contributed by atoms with E-state index in [1.54, 1.807) is 4.68 Å². The van der Waals surface area contributed by atoms with Gasteiger partial charge in [0.15, 0.2) is 5.03 Å². The molecule has 0 fully saturated rings. The minimum atomic E-state index is -4.15. The zero-order chi connectivity index (χ0) is 24.4. The van der Waals surface area contributed by atoms with Gasteiger partial charge in [-0.3, -0.25) is 9.48 Å². The number of sulfonamides is 1. The molecule has 1 amide bonds. The number of rotatable bonds is 9. The Hall–Kier alpha value is -2.26. The van der Waals surface area contributed by atoms with E-state index >= 15 is 0 Å². The van der Waals surface area contributed by atoms with Gasteiger partial charge in [0.05, 0.1) is 12.1 Å². The summed E-state index contributed by atoms with van der Waals surface area (Å²) in [6.07, 6.45) is -0.157. The predicted octanol–water partition coefficient (Wildman–Crippen LogP) is 3.96. The largest absolute Gasteiger partial charge is 0.304 e. The lowest BCUT2D eigenvalue weighted by molar-refractivity contribution is -0.118. The van der Waals surface area contributed by atoms with Crippen LogP contribution < -0.4 is 4.72 Å². The number of nitrogens with zero attached hydrogens (tertiary/aromatic N) is 3. The van der Waals surface area contributed by atoms with Crippen LogP contribution in [0.5, 0.6) is 0 Å². The number of amides is 1. The molecular weight excluding hydrogens is 431 g/mol. The van der Waals surface area contributed by atoms with Crippen LogP contribution in [0.25, 0.3) is 0 Å². The Morgan fingerprint density at radius 3 is 2.03 bits per heavy atom. The van der Waals surface area contributed by atoms with Gasteiger partial charge in [0.1, 0.15) is 5.82 Å². The van der Waals surface area contributed by atoms with Crippen LogP contribution in [0.2, 0.25) is 0 Å². The molecule has 7 nitrogen and oxygen atoms in total. The molecule has 32 heavy (non-hydrogen) atoms. The summed E-state index contributed by atoms with van der Waals surface area (Å²) in [7, 11) is -0.381. The first kappa shape index (κ1) is 26.0. The first-order valence-electron chi connectivity index (χ1n) is 10.8. The molecule has 0 aliphatic carbocycles. The fourth-order valence-corrected chi connectivity index (χ4v) is 4.70. The van der Waals surface area contributed by atoms with Crippen molar-refractivity contribution in [3.05, 3.63) is 46.4 Å². The fraction of sp³-hybridized carbons (Fsp3) is 0.565. The van der Waals surface area contributed by atoms with Crippen LogP contribution in [-0.2, 0) is 27.8 Å². The number of hydrogen-bond donors (Lipinski definition) is 1. The molecule has 0 aliphatic rings. The minimum absolute atomic E-state index is 0.0158. The van der Waals surface area contributed by atoms with Crippen molar-refractivity contribution in [3.8, 4) is 0 Å². The average Bonchev–Trinajstić information content (AvgIpc) is 3.06. The Morgan fingerprint density at radius 1 is 1.06 bits per heavy atom. The van der Waals surface area contributed by atoms with E-state index in [4.69, 9.17) is 0 Å². The standard InChI is InChI=1S/C23H35FN4O3S/c1-14(2)19-9-17(24)10-20(15(3)4)21(19)12-22(29)26-32(30,31)23-11-18(13-27(7)8)28(25-23)16(5)6/h9-11,14-16H,12-13H2,1-8H3,(H,26,29). The quantitative estimate of drug-likeness (QED) is 0.605. The van der Waals surface area contributed by atoms with Gasteiger partial charge in [-0.15, -0.1) is 0 Å². The molecule has 9 heteroatoms. The van der Waals surface area contributed by atoms with E-state index in [-0.39, 0.29) is 35.1 Å². The molecule has 0 bridgehead atoms. The van der Waals surface area contributed by atoms with Gasteiger partial charge in [-0.2, -0.15) is 13.5 Å². The van der Waals surface area contributed by atoms with E-state index in [9.17, 15) is 17.6 Å². The van der Waals surface area contributed by atoms with E-state index < -0.39 is 15.9 Å². The van der Waals surface area contributed by atoms with Crippen LogP contribution in [0.1, 0.15) is 81.8 Å². The van der Waals surface area contributed by atoms with Crippen molar-refractivity contribution >= 4 is 15.9 Å². The van der Waals surface area contributed by atoms with Crippen LogP contribution in [0, 0.1) is 5.82 Å². The van der Waals surface area contributed by atoms with Crippen LogP contribution >= 0.6 is 0 Å². The Bertz CT molecular complexity index is 1040. The zero-order valence-electron chi connectivity index (χ0n) is 20.2. The lowest BCUT2D eigenvalue weighted by atomic mass is 9.87. The summed E-state index contributed by atoms with van der Waals surface area (Å²) in [4.78, 5) is 14.7. The average molecular weight is 467 g/mol. The third-order valence-electron chi connectivity index (χ3n) is 5.15. The predicted molar refractivity (Wildman–Crippen MR) is 124 cm³/mol. The summed E-state index contributed by atoms with van der Waals surface area (Å²) in [6, 6.07) is 4.30. The zero-order valence-corrected chi connectivity index (χ0v) is 21.0. The van der Waals surface area contributed by atoms with Gasteiger partial charge in [0.2, 0.25) is 5.91 Å². The molecular formula is C23H35FN4O3S. The van der Waals surface area contributed by atoms with Crippen molar-refractivity contribution in [2.75, 3.05) is 14.1 Å². The number of halogens is 1. The van der Waals surface area contributed by atoms with Crippen LogP contribution in [0.15, 0.2) is 23.2 Å². The smallest absolute Gasteiger partial charge is 0.283 e. The van der Waals surface area contributed by atoms with Crippen molar-refractivity contribution in [2.45, 2.75) is 77.4 Å². The second-order valence-corrected chi connectivity index (χ2v) is 11.0. The number of benzene rings is 1. The van der Waals surface area contributed by atoms with Gasteiger partial charge in [-0.25, -0.2) is 9.11 Å². The second-order valence-electron chi connectivity index (χ2n) is 9.33. The first-order chi connectivity index (χ1) is 14.7. The first-order valence-corrected chi connectivity index (χ1v) is 12.3. The topological polar surface area (TPSA) is 84.3 Å². The van der Waals surface area contributed by atoms with Gasteiger partial charge < -0.3 is 4.90 Å². The van der Waals surface area contributed by atoms with Gasteiger partial charge in [-0.05, 0) is 68.6 Å². The highest BCUT2D eigenvalue weighted by Crippen LogP contribution is 2.29. The van der Waals surface area contributed by atoms with Crippen LogP contribution in [-0.4, -0.2) is 43.1 Å². The van der Waals surface area contributed by atoms with E-state index in [0.29, 0.717) is 23.2 Å². The number of nitrogens with one attached hydrogen (secondary N) is 1. The lowest BCUT2D eigenvalue weighted by Crippen LogP contribution is -2.32. The molecule has 1 aromatic heterocycles. The number of aromatic nitrogens is 2. The van der Waals surface area contributed by atoms with E-state index in [1.165, 1.54) is 18.2 Å². The Labute approximate surface area is 191 Å². The van der Waals surface area contributed by atoms with Crippen LogP contribution in [0.3, 0.4) is 0 Å². The van der Waals surface area contributed by atoms with E-state index in [0.717, 1.165) is 5.69 Å². The third-order valence-corrected chi connectivity index (χ3v) is 6.39. The van der Waals surface area contributed by atoms with Crippen molar-refractivity contribution < 1.29 is 17.6 Å². The summed E-state index contributed by atoms with van der Waals surface area (Å²) in [5, 5.41) is 4.04. The summed E-state index contributed by atoms with van der Waals surface area (Å²) < 4.78 is 43.8. The van der Waals surface area contributed by atoms with Crippen molar-refractivity contribution in [2.24, 2.45) is 0 Å². The van der Waals surface area contributed by atoms with Crippen LogP contribution in [0.4, 0.5) is 4.39 Å². The van der Waals surface area contributed by atoms with Crippen molar-refractivity contribution in [1.82, 2.24) is 19.4 Å². The molecule has 2 rings (SSSR count). The minimum Gasteiger partial charge on any atom is -0.304 e. The second kappa shape index (κ2) is 10.1. The maximum Gasteiger partial charge on any atom is 0.283 e. The maximum absolute atomic E-state index is 14.1. The van der Waals surface area contributed by atoms with Gasteiger partial charge in [0.25, 0.3) is 10.0 Å². The van der Waals surface area contributed by atoms with Crippen molar-refractivity contribution in [3.63, 3.8) is 0 Å². The molecule has 2 aromatic rings. The Kier molecular flexibility index (Phi) is 8.22. The summed E-state index contributed by atoms with van der Waals surface area (Å²) >= 11 is 0. The molecule has 0 aliphatic heterocycles. The third kappa shape index (κ3) is 6.16. The number of hydrogen-bond acceptors (Lipinski definition) is 5. The molecule has 1 aromatic carbocycles. The molecule has 0 unspecified atom stereocenters. The Morgan fingerprint density at radius 2 is 1.59 bits per heavy atom. The fourth-order valence-electron chi connectivity index (χ4n) is 3.74. The number of carbonyl (C=O) groups is 1. The summed E-state index contributed by atoms with van der Waals surface area (Å²) in [5.41, 5.74) is 2.82. The summed E-state index contributed by atoms with van der Waals surface area (Å²) in [6.45, 7) is 12.0. The van der Waals surface area contributed by atoms with Gasteiger partial charge in [0, 0.05) is 18.7 Å². The molecule has 0 saturated carbocycles. The van der Waals surface area contributed by atoms with E-state index in [2.05, 4.69) is 9.82 Å². The molecule has 178 valence electrons. The molecule has 0 spiro atoms. The van der Waals surface area contributed by atoms with Gasteiger partial charge in [-0.1, -0.05) is 27.7 Å². The lowest BCUT2D eigenvalue weighted by Gasteiger charge is -2.19. The summed E-state index contributed by atoms with van der Waals surface area (Å²) in [5.74, 6) is -1.06. The van der Waals surface area contributed by atoms with Crippen molar-refractivity contribution in [1.29, 1.82) is 0 Å². The SMILES string of the molecule is CC(C)c1cc(F)cc(C(C)C)c1CC(=O)NS(=O)(=O)c1cc(CN(C)C)n(C(C)C)n1. The highest BCUT2D eigenvalue weighted by Gasteiger charge is 2.26. The molecule has 1 heterocycles. The molecule has 1 N–H and O–H groups in total. The molecule has 0 radical (unpaired) electrons. The normalized spacial score (nSPS) is 12.4.